The Morgan fingerprint density at radius 2 is 1.83 bits per heavy atom. The maximum atomic E-state index is 13.4. The molecule has 2 aromatic carbocycles. The van der Waals surface area contributed by atoms with Gasteiger partial charge >= 0.3 is 17.6 Å². The molecule has 1 aromatic heterocycles. The Morgan fingerprint density at radius 1 is 1.17 bits per heavy atom. The van der Waals surface area contributed by atoms with Crippen LogP contribution in [-0.4, -0.2) is 32.8 Å². The quantitative estimate of drug-likeness (QED) is 0.623. The summed E-state index contributed by atoms with van der Waals surface area (Å²) in [6.45, 7) is 4.34. The van der Waals surface area contributed by atoms with Crippen molar-refractivity contribution in [2.75, 3.05) is 6.61 Å². The zero-order chi connectivity index (χ0) is 22.2. The number of carbonyl (C=O) groups excluding carboxylic acids is 1. The van der Waals surface area contributed by atoms with E-state index in [2.05, 4.69) is 0 Å². The third-order valence-electron chi connectivity index (χ3n) is 4.75. The van der Waals surface area contributed by atoms with Crippen molar-refractivity contribution in [3.8, 4) is 5.69 Å². The van der Waals surface area contributed by atoms with Gasteiger partial charge in [0.15, 0.2) is 0 Å². The van der Waals surface area contributed by atoms with E-state index in [1.165, 1.54) is 18.2 Å². The van der Waals surface area contributed by atoms with Gasteiger partial charge in [-0.2, -0.15) is 0 Å². The van der Waals surface area contributed by atoms with Crippen molar-refractivity contribution in [3.63, 3.8) is 0 Å². The van der Waals surface area contributed by atoms with Crippen molar-refractivity contribution in [2.45, 2.75) is 27.3 Å². The summed E-state index contributed by atoms with van der Waals surface area (Å²) in [6, 6.07) is 7.70. The number of hydrogen-bond donors (Lipinski definition) is 1. The van der Waals surface area contributed by atoms with E-state index in [0.717, 1.165) is 9.13 Å². The number of nitrogens with zero attached hydrogens (tertiary/aromatic N) is 2. The summed E-state index contributed by atoms with van der Waals surface area (Å²) >= 11 is 6.20. The Bertz CT molecular complexity index is 1310. The number of aliphatic carboxylic acids is 1. The van der Waals surface area contributed by atoms with Gasteiger partial charge in [0, 0.05) is 0 Å². The molecule has 3 aromatic rings. The number of rotatable bonds is 5. The molecule has 0 fully saturated rings. The number of carboxylic acid groups (broad SMARTS) is 1. The third kappa shape index (κ3) is 3.50. The molecule has 0 amide bonds. The predicted octanol–water partition coefficient (Wildman–Crippen LogP) is 2.68. The predicted molar refractivity (Wildman–Crippen MR) is 112 cm³/mol. The summed E-state index contributed by atoms with van der Waals surface area (Å²) in [6.07, 6.45) is 0. The average molecular weight is 431 g/mol. The second kappa shape index (κ2) is 8.16. The van der Waals surface area contributed by atoms with Crippen LogP contribution >= 0.6 is 11.6 Å². The van der Waals surface area contributed by atoms with E-state index in [9.17, 15) is 24.3 Å². The van der Waals surface area contributed by atoms with Gasteiger partial charge in [-0.05, 0) is 50.1 Å². The molecule has 0 saturated heterocycles. The Hall–Kier alpha value is -3.39. The number of esters is 1. The normalized spacial score (nSPS) is 10.9. The van der Waals surface area contributed by atoms with Gasteiger partial charge in [-0.15, -0.1) is 0 Å². The molecule has 8 nitrogen and oxygen atoms in total. The van der Waals surface area contributed by atoms with Crippen molar-refractivity contribution < 1.29 is 19.4 Å². The van der Waals surface area contributed by atoms with E-state index >= 15 is 0 Å². The SMILES string of the molecule is CCOC(=O)c1c(C)cc2c(c1C)c(=O)n(-c1ccccc1Cl)c(=O)n2CC(=O)O. The van der Waals surface area contributed by atoms with E-state index in [-0.39, 0.29) is 33.8 Å². The van der Waals surface area contributed by atoms with Crippen molar-refractivity contribution >= 4 is 34.4 Å². The van der Waals surface area contributed by atoms with Crippen LogP contribution < -0.4 is 11.2 Å². The first-order valence-corrected chi connectivity index (χ1v) is 9.50. The first-order valence-electron chi connectivity index (χ1n) is 9.12. The van der Waals surface area contributed by atoms with Crippen LogP contribution in [0, 0.1) is 13.8 Å². The largest absolute Gasteiger partial charge is 0.480 e. The van der Waals surface area contributed by atoms with Crippen LogP contribution in [0.1, 0.15) is 28.4 Å². The minimum absolute atomic E-state index is 0.0458. The van der Waals surface area contributed by atoms with E-state index in [1.54, 1.807) is 32.9 Å². The number of carbonyl (C=O) groups is 2. The van der Waals surface area contributed by atoms with Crippen molar-refractivity contribution in [2.24, 2.45) is 0 Å². The van der Waals surface area contributed by atoms with E-state index < -0.39 is 29.7 Å². The molecule has 0 aliphatic heterocycles. The van der Waals surface area contributed by atoms with Crippen LogP contribution in [0.2, 0.25) is 5.02 Å². The van der Waals surface area contributed by atoms with E-state index in [0.29, 0.717) is 11.1 Å². The highest BCUT2D eigenvalue weighted by atomic mass is 35.5. The highest BCUT2D eigenvalue weighted by Crippen LogP contribution is 2.25. The molecule has 0 aliphatic rings. The number of para-hydroxylation sites is 1. The number of aromatic nitrogens is 2. The van der Waals surface area contributed by atoms with Crippen LogP contribution in [0.25, 0.3) is 16.6 Å². The molecule has 0 radical (unpaired) electrons. The Kier molecular flexibility index (Phi) is 5.80. The van der Waals surface area contributed by atoms with Gasteiger partial charge in [-0.3, -0.25) is 14.2 Å². The molecule has 3 rings (SSSR count). The molecule has 1 heterocycles. The lowest BCUT2D eigenvalue weighted by Gasteiger charge is -2.17. The maximum Gasteiger partial charge on any atom is 0.338 e. The van der Waals surface area contributed by atoms with E-state index in [1.807, 2.05) is 0 Å². The molecule has 0 bridgehead atoms. The highest BCUT2D eigenvalue weighted by molar-refractivity contribution is 6.32. The summed E-state index contributed by atoms with van der Waals surface area (Å²) in [4.78, 5) is 50.5. The molecule has 156 valence electrons. The first kappa shape index (κ1) is 21.3. The van der Waals surface area contributed by atoms with Gasteiger partial charge in [0.25, 0.3) is 5.56 Å². The fourth-order valence-electron chi connectivity index (χ4n) is 3.52. The van der Waals surface area contributed by atoms with Gasteiger partial charge in [-0.1, -0.05) is 23.7 Å². The smallest absolute Gasteiger partial charge is 0.338 e. The minimum atomic E-state index is -1.26. The average Bonchev–Trinajstić information content (AvgIpc) is 2.66. The molecule has 0 saturated carbocycles. The zero-order valence-electron chi connectivity index (χ0n) is 16.6. The van der Waals surface area contributed by atoms with Gasteiger partial charge < -0.3 is 9.84 Å². The fourth-order valence-corrected chi connectivity index (χ4v) is 3.74. The maximum absolute atomic E-state index is 13.4. The van der Waals surface area contributed by atoms with Crippen LogP contribution in [0.3, 0.4) is 0 Å². The molecule has 0 atom stereocenters. The molecule has 1 N–H and O–H groups in total. The van der Waals surface area contributed by atoms with Crippen molar-refractivity contribution in [1.29, 1.82) is 0 Å². The summed E-state index contributed by atoms with van der Waals surface area (Å²) < 4.78 is 6.91. The fraction of sp³-hybridized carbons (Fsp3) is 0.238. The molecular formula is C21H19ClN2O6. The molecule has 30 heavy (non-hydrogen) atoms. The highest BCUT2D eigenvalue weighted by Gasteiger charge is 2.24. The molecule has 9 heteroatoms. The van der Waals surface area contributed by atoms with Crippen molar-refractivity contribution in [3.05, 3.63) is 72.9 Å². The Labute approximate surface area is 175 Å². The van der Waals surface area contributed by atoms with Crippen LogP contribution in [0.4, 0.5) is 0 Å². The topological polar surface area (TPSA) is 108 Å². The second-order valence-electron chi connectivity index (χ2n) is 6.66. The summed E-state index contributed by atoms with van der Waals surface area (Å²) in [5, 5.41) is 9.53. The Balaban J connectivity index is 2.55. The van der Waals surface area contributed by atoms with E-state index in [4.69, 9.17) is 16.3 Å². The van der Waals surface area contributed by atoms with Crippen molar-refractivity contribution in [1.82, 2.24) is 9.13 Å². The number of benzene rings is 2. The molecule has 0 unspecified atom stereocenters. The van der Waals surface area contributed by atoms with Gasteiger partial charge in [0.05, 0.1) is 33.8 Å². The lowest BCUT2D eigenvalue weighted by molar-refractivity contribution is -0.137. The lowest BCUT2D eigenvalue weighted by atomic mass is 9.98. The number of carboxylic acids is 1. The number of fused-ring (bicyclic) bond motifs is 1. The molecular weight excluding hydrogens is 412 g/mol. The number of halogens is 1. The summed E-state index contributed by atoms with van der Waals surface area (Å²) in [7, 11) is 0. The third-order valence-corrected chi connectivity index (χ3v) is 5.07. The standard InChI is InChI=1S/C21H19ClN2O6/c1-4-30-20(28)17-11(2)9-15-18(12(17)3)19(27)24(14-8-6-5-7-13(14)22)21(29)23(15)10-16(25)26/h5-9H,4,10H2,1-3H3,(H,25,26). The lowest BCUT2D eigenvalue weighted by Crippen LogP contribution is -2.40. The molecule has 0 aliphatic carbocycles. The number of ether oxygens (including phenoxy) is 1. The van der Waals surface area contributed by atoms with Crippen LogP contribution in [-0.2, 0) is 16.1 Å². The van der Waals surface area contributed by atoms with Crippen LogP contribution in [0.15, 0.2) is 39.9 Å². The van der Waals surface area contributed by atoms with Gasteiger partial charge in [-0.25, -0.2) is 14.2 Å². The zero-order valence-corrected chi connectivity index (χ0v) is 17.3. The monoisotopic (exact) mass is 430 g/mol. The molecule has 0 spiro atoms. The summed E-state index contributed by atoms with van der Waals surface area (Å²) in [5.74, 6) is -1.86. The second-order valence-corrected chi connectivity index (χ2v) is 7.07. The number of hydrogen-bond acceptors (Lipinski definition) is 5. The first-order chi connectivity index (χ1) is 14.2. The van der Waals surface area contributed by atoms with Crippen LogP contribution in [0.5, 0.6) is 0 Å². The Morgan fingerprint density at radius 3 is 2.43 bits per heavy atom. The van der Waals surface area contributed by atoms with Gasteiger partial charge in [0.2, 0.25) is 0 Å². The van der Waals surface area contributed by atoms with Gasteiger partial charge in [0.1, 0.15) is 6.54 Å². The summed E-state index contributed by atoms with van der Waals surface area (Å²) in [5.41, 5.74) is -0.335. The number of aryl methyl sites for hydroxylation is 2. The minimum Gasteiger partial charge on any atom is -0.480 e.